The van der Waals surface area contributed by atoms with Crippen molar-refractivity contribution in [3.8, 4) is 6.07 Å². The number of hydrogen-bond acceptors (Lipinski definition) is 2. The Bertz CT molecular complexity index is 396. The summed E-state index contributed by atoms with van der Waals surface area (Å²) in [5, 5.41) is 11.7. The lowest BCUT2D eigenvalue weighted by Gasteiger charge is -2.14. The van der Waals surface area contributed by atoms with Gasteiger partial charge in [0.25, 0.3) is 0 Å². The summed E-state index contributed by atoms with van der Waals surface area (Å²) in [6.07, 6.45) is 0.662. The Hall–Kier alpha value is -1.63. The van der Waals surface area contributed by atoms with E-state index in [4.69, 9.17) is 5.26 Å². The number of halogens is 2. The first-order valence-corrected chi connectivity index (χ1v) is 5.14. The molecule has 0 aliphatic heterocycles. The van der Waals surface area contributed by atoms with Crippen LogP contribution in [-0.2, 0) is 0 Å². The van der Waals surface area contributed by atoms with Crippen molar-refractivity contribution < 1.29 is 8.78 Å². The first-order valence-electron chi connectivity index (χ1n) is 5.14. The molecule has 1 atom stereocenters. The topological polar surface area (TPSA) is 35.8 Å². The van der Waals surface area contributed by atoms with Gasteiger partial charge < -0.3 is 5.32 Å². The second-order valence-electron chi connectivity index (χ2n) is 4.08. The maximum absolute atomic E-state index is 12.9. The molecule has 0 spiro atoms. The van der Waals surface area contributed by atoms with Gasteiger partial charge in [0.15, 0.2) is 11.6 Å². The lowest BCUT2D eigenvalue weighted by Crippen LogP contribution is -2.19. The molecule has 1 aromatic rings. The molecule has 2 nitrogen and oxygen atoms in total. The molecule has 0 saturated heterocycles. The molecule has 1 unspecified atom stereocenters. The van der Waals surface area contributed by atoms with Crippen molar-refractivity contribution in [1.82, 2.24) is 0 Å². The highest BCUT2D eigenvalue weighted by molar-refractivity contribution is 5.45. The standard InChI is InChI=1S/C12H14F2N2/c1-8(2)5-10(7-15)16-9-3-4-11(13)12(14)6-9/h3-4,6,8,10,16H,5H2,1-2H3. The van der Waals surface area contributed by atoms with Gasteiger partial charge in [0.1, 0.15) is 6.04 Å². The van der Waals surface area contributed by atoms with Crippen molar-refractivity contribution in [2.24, 2.45) is 5.92 Å². The van der Waals surface area contributed by atoms with Crippen LogP contribution in [0.4, 0.5) is 14.5 Å². The molecule has 0 aliphatic carbocycles. The fourth-order valence-corrected chi connectivity index (χ4v) is 1.40. The highest BCUT2D eigenvalue weighted by atomic mass is 19.2. The number of nitrogens with one attached hydrogen (secondary N) is 1. The van der Waals surface area contributed by atoms with Gasteiger partial charge in [-0.25, -0.2) is 8.78 Å². The van der Waals surface area contributed by atoms with Crippen LogP contribution in [0.1, 0.15) is 20.3 Å². The Morgan fingerprint density at radius 3 is 2.50 bits per heavy atom. The van der Waals surface area contributed by atoms with Gasteiger partial charge in [0.05, 0.1) is 6.07 Å². The normalized spacial score (nSPS) is 12.2. The number of rotatable bonds is 4. The summed E-state index contributed by atoms with van der Waals surface area (Å²) in [5.41, 5.74) is 0.422. The molecule has 0 saturated carbocycles. The molecule has 0 aromatic heterocycles. The fraction of sp³-hybridized carbons (Fsp3) is 0.417. The van der Waals surface area contributed by atoms with Gasteiger partial charge in [0, 0.05) is 11.8 Å². The third-order valence-corrected chi connectivity index (χ3v) is 2.12. The van der Waals surface area contributed by atoms with Crippen molar-refractivity contribution in [2.45, 2.75) is 26.3 Å². The highest BCUT2D eigenvalue weighted by Gasteiger charge is 2.10. The molecule has 0 fully saturated rings. The van der Waals surface area contributed by atoms with Crippen LogP contribution >= 0.6 is 0 Å². The maximum Gasteiger partial charge on any atom is 0.160 e. The number of nitrogens with zero attached hydrogens (tertiary/aromatic N) is 1. The number of benzene rings is 1. The Morgan fingerprint density at radius 1 is 1.31 bits per heavy atom. The minimum Gasteiger partial charge on any atom is -0.370 e. The zero-order valence-corrected chi connectivity index (χ0v) is 9.30. The van der Waals surface area contributed by atoms with Crippen molar-refractivity contribution in [3.63, 3.8) is 0 Å². The van der Waals surface area contributed by atoms with Crippen LogP contribution in [0.3, 0.4) is 0 Å². The molecule has 0 radical (unpaired) electrons. The second-order valence-corrected chi connectivity index (χ2v) is 4.08. The van der Waals surface area contributed by atoms with E-state index in [1.54, 1.807) is 0 Å². The predicted octanol–water partition coefficient (Wildman–Crippen LogP) is 3.31. The van der Waals surface area contributed by atoms with Crippen molar-refractivity contribution in [1.29, 1.82) is 5.26 Å². The summed E-state index contributed by atoms with van der Waals surface area (Å²) in [4.78, 5) is 0. The van der Waals surface area contributed by atoms with Gasteiger partial charge in [-0.05, 0) is 24.5 Å². The van der Waals surface area contributed by atoms with Crippen LogP contribution in [-0.4, -0.2) is 6.04 Å². The monoisotopic (exact) mass is 224 g/mol. The van der Waals surface area contributed by atoms with E-state index < -0.39 is 11.6 Å². The molecule has 0 amide bonds. The smallest absolute Gasteiger partial charge is 0.160 e. The van der Waals surface area contributed by atoms with E-state index in [-0.39, 0.29) is 6.04 Å². The van der Waals surface area contributed by atoms with E-state index in [0.717, 1.165) is 12.1 Å². The second kappa shape index (κ2) is 5.45. The van der Waals surface area contributed by atoms with Crippen molar-refractivity contribution in [3.05, 3.63) is 29.8 Å². The largest absolute Gasteiger partial charge is 0.370 e. The third kappa shape index (κ3) is 3.50. The molecule has 4 heteroatoms. The van der Waals surface area contributed by atoms with Gasteiger partial charge in [-0.2, -0.15) is 5.26 Å². The number of anilines is 1. The summed E-state index contributed by atoms with van der Waals surface area (Å²) >= 11 is 0. The van der Waals surface area contributed by atoms with Gasteiger partial charge >= 0.3 is 0 Å². The minimum atomic E-state index is -0.911. The first kappa shape index (κ1) is 12.4. The summed E-state index contributed by atoms with van der Waals surface area (Å²) in [5.74, 6) is -1.43. The maximum atomic E-state index is 12.9. The molecule has 86 valence electrons. The lowest BCUT2D eigenvalue weighted by molar-refractivity contribution is 0.508. The Balaban J connectivity index is 2.71. The van der Waals surface area contributed by atoms with Crippen LogP contribution in [0.15, 0.2) is 18.2 Å². The highest BCUT2D eigenvalue weighted by Crippen LogP contribution is 2.16. The Morgan fingerprint density at radius 2 is 2.00 bits per heavy atom. The average molecular weight is 224 g/mol. The molecule has 1 aromatic carbocycles. The zero-order chi connectivity index (χ0) is 12.1. The Labute approximate surface area is 93.9 Å². The Kier molecular flexibility index (Phi) is 4.24. The van der Waals surface area contributed by atoms with E-state index in [1.165, 1.54) is 6.07 Å². The lowest BCUT2D eigenvalue weighted by atomic mass is 10.0. The number of nitriles is 1. The van der Waals surface area contributed by atoms with E-state index in [0.29, 0.717) is 18.0 Å². The van der Waals surface area contributed by atoms with Gasteiger partial charge in [-0.15, -0.1) is 0 Å². The van der Waals surface area contributed by atoms with E-state index in [9.17, 15) is 8.78 Å². The summed E-state index contributed by atoms with van der Waals surface area (Å²) in [6, 6.07) is 5.22. The molecule has 16 heavy (non-hydrogen) atoms. The number of hydrogen-bond donors (Lipinski definition) is 1. The minimum absolute atomic E-state index is 0.363. The van der Waals surface area contributed by atoms with Crippen LogP contribution in [0.25, 0.3) is 0 Å². The van der Waals surface area contributed by atoms with Gasteiger partial charge in [-0.1, -0.05) is 13.8 Å². The molecule has 0 heterocycles. The van der Waals surface area contributed by atoms with Crippen LogP contribution in [0.2, 0.25) is 0 Å². The zero-order valence-electron chi connectivity index (χ0n) is 9.30. The summed E-state index contributed by atoms with van der Waals surface area (Å²) in [6.45, 7) is 3.99. The van der Waals surface area contributed by atoms with E-state index in [2.05, 4.69) is 11.4 Å². The van der Waals surface area contributed by atoms with Crippen LogP contribution in [0, 0.1) is 28.9 Å². The van der Waals surface area contributed by atoms with Crippen molar-refractivity contribution >= 4 is 5.69 Å². The SMILES string of the molecule is CC(C)CC(C#N)Nc1ccc(F)c(F)c1. The summed E-state index contributed by atoms with van der Waals surface area (Å²) in [7, 11) is 0. The summed E-state index contributed by atoms with van der Waals surface area (Å²) < 4.78 is 25.6. The molecule has 0 aliphatic rings. The third-order valence-electron chi connectivity index (χ3n) is 2.12. The van der Waals surface area contributed by atoms with Crippen molar-refractivity contribution in [2.75, 3.05) is 5.32 Å². The van der Waals surface area contributed by atoms with Crippen LogP contribution < -0.4 is 5.32 Å². The van der Waals surface area contributed by atoms with E-state index in [1.807, 2.05) is 13.8 Å². The molecule has 1 N–H and O–H groups in total. The molecule has 0 bridgehead atoms. The van der Waals surface area contributed by atoms with E-state index >= 15 is 0 Å². The fourth-order valence-electron chi connectivity index (χ4n) is 1.40. The predicted molar refractivity (Wildman–Crippen MR) is 58.8 cm³/mol. The first-order chi connectivity index (χ1) is 7.52. The van der Waals surface area contributed by atoms with Crippen LogP contribution in [0.5, 0.6) is 0 Å². The molecular formula is C12H14F2N2. The molecular weight excluding hydrogens is 210 g/mol. The van der Waals surface area contributed by atoms with Gasteiger partial charge in [0.2, 0.25) is 0 Å². The van der Waals surface area contributed by atoms with Gasteiger partial charge in [-0.3, -0.25) is 0 Å². The quantitative estimate of drug-likeness (QED) is 0.851. The average Bonchev–Trinajstić information content (AvgIpc) is 2.22. The molecule has 1 rings (SSSR count).